The first kappa shape index (κ1) is 22.6. The number of H-pyrrole nitrogens is 1. The minimum atomic E-state index is -3.56. The highest BCUT2D eigenvalue weighted by molar-refractivity contribution is 7.92. The lowest BCUT2D eigenvalue weighted by atomic mass is 9.99. The molecule has 1 aromatic carbocycles. The fourth-order valence-electron chi connectivity index (χ4n) is 2.76. The Balaban J connectivity index is 2.23. The van der Waals surface area contributed by atoms with E-state index < -0.39 is 38.4 Å². The van der Waals surface area contributed by atoms with Crippen molar-refractivity contribution in [1.29, 1.82) is 0 Å². The number of sulfone groups is 1. The molecule has 1 unspecified atom stereocenters. The highest BCUT2D eigenvalue weighted by atomic mass is 32.2. The van der Waals surface area contributed by atoms with Crippen LogP contribution in [0.1, 0.15) is 32.0 Å². The highest BCUT2D eigenvalue weighted by Crippen LogP contribution is 2.21. The Bertz CT molecular complexity index is 919. The molecule has 158 valence electrons. The Kier molecular flexibility index (Phi) is 7.18. The summed E-state index contributed by atoms with van der Waals surface area (Å²) in [5.41, 5.74) is 6.84. The van der Waals surface area contributed by atoms with Crippen LogP contribution in [0.15, 0.2) is 42.9 Å². The molecular formula is C20H28N4O4S. The van der Waals surface area contributed by atoms with Crippen molar-refractivity contribution >= 4 is 21.7 Å². The lowest BCUT2D eigenvalue weighted by Crippen LogP contribution is -2.50. The summed E-state index contributed by atoms with van der Waals surface area (Å²) < 4.78 is 24.5. The van der Waals surface area contributed by atoms with E-state index in [9.17, 15) is 18.0 Å². The summed E-state index contributed by atoms with van der Waals surface area (Å²) in [6, 6.07) is 8.18. The van der Waals surface area contributed by atoms with Crippen molar-refractivity contribution in [3.05, 3.63) is 54.1 Å². The topological polar surface area (TPSA) is 135 Å². The van der Waals surface area contributed by atoms with Crippen LogP contribution in [-0.4, -0.2) is 46.7 Å². The van der Waals surface area contributed by atoms with Gasteiger partial charge < -0.3 is 16.0 Å². The average molecular weight is 421 g/mol. The van der Waals surface area contributed by atoms with E-state index in [1.807, 2.05) is 30.3 Å². The molecule has 0 fully saturated rings. The smallest absolute Gasteiger partial charge is 0.240 e. The largest absolute Gasteiger partial charge is 0.368 e. The summed E-state index contributed by atoms with van der Waals surface area (Å²) in [4.78, 5) is 31.6. The van der Waals surface area contributed by atoms with Crippen molar-refractivity contribution in [3.63, 3.8) is 0 Å². The number of aromatic amines is 1. The normalized spacial score (nSPS) is 14.2. The number of carbonyl (C=O) groups is 2. The number of nitrogens with zero attached hydrogens (tertiary/aromatic N) is 1. The van der Waals surface area contributed by atoms with E-state index in [0.717, 1.165) is 5.56 Å². The maximum Gasteiger partial charge on any atom is 0.240 e. The third-order valence-electron chi connectivity index (χ3n) is 4.68. The molecule has 2 atom stereocenters. The molecule has 4 N–H and O–H groups in total. The molecule has 2 aromatic rings. The first-order valence-corrected chi connectivity index (χ1v) is 11.0. The van der Waals surface area contributed by atoms with Gasteiger partial charge in [0.05, 0.1) is 28.4 Å². The Morgan fingerprint density at radius 2 is 1.83 bits per heavy atom. The summed E-state index contributed by atoms with van der Waals surface area (Å²) in [5, 5.41) is 2.62. The van der Waals surface area contributed by atoms with E-state index >= 15 is 0 Å². The van der Waals surface area contributed by atoms with Gasteiger partial charge in [-0.25, -0.2) is 13.4 Å². The molecule has 0 saturated heterocycles. The Morgan fingerprint density at radius 3 is 2.34 bits per heavy atom. The van der Waals surface area contributed by atoms with Gasteiger partial charge in [-0.3, -0.25) is 9.59 Å². The molecule has 0 aliphatic heterocycles. The van der Waals surface area contributed by atoms with Crippen molar-refractivity contribution in [2.24, 2.45) is 11.7 Å². The second-order valence-electron chi connectivity index (χ2n) is 8.01. The molecule has 2 amide bonds. The fourth-order valence-corrected chi connectivity index (χ4v) is 4.06. The quantitative estimate of drug-likeness (QED) is 0.556. The maximum absolute atomic E-state index is 13.0. The van der Waals surface area contributed by atoms with Gasteiger partial charge in [0.2, 0.25) is 11.8 Å². The van der Waals surface area contributed by atoms with E-state index in [1.165, 1.54) is 6.33 Å². The zero-order valence-electron chi connectivity index (χ0n) is 16.9. The van der Waals surface area contributed by atoms with E-state index in [0.29, 0.717) is 5.69 Å². The molecule has 1 aromatic heterocycles. The summed E-state index contributed by atoms with van der Waals surface area (Å²) in [6.45, 7) is 4.80. The number of amides is 2. The first-order valence-electron chi connectivity index (χ1n) is 9.33. The van der Waals surface area contributed by atoms with Crippen molar-refractivity contribution in [1.82, 2.24) is 15.3 Å². The van der Waals surface area contributed by atoms with Crippen molar-refractivity contribution in [2.45, 2.75) is 44.4 Å². The molecule has 0 saturated carbocycles. The van der Waals surface area contributed by atoms with Gasteiger partial charge in [0.1, 0.15) is 6.04 Å². The number of hydrogen-bond acceptors (Lipinski definition) is 5. The Hall–Kier alpha value is -2.68. The summed E-state index contributed by atoms with van der Waals surface area (Å²) in [7, 11) is -3.56. The Morgan fingerprint density at radius 1 is 1.17 bits per heavy atom. The third kappa shape index (κ3) is 6.42. The van der Waals surface area contributed by atoms with E-state index in [1.54, 1.807) is 27.0 Å². The SMILES string of the molecule is CC(C)(C)S(=O)(=O)C[C@@H](Cc1ccccc1)C(=O)NC(Cc1c[nH]cn1)C(N)=O. The third-order valence-corrected chi connectivity index (χ3v) is 7.38. The molecule has 9 heteroatoms. The molecular weight excluding hydrogens is 392 g/mol. The van der Waals surface area contributed by atoms with Crippen molar-refractivity contribution in [3.8, 4) is 0 Å². The van der Waals surface area contributed by atoms with Crippen LogP contribution in [0.4, 0.5) is 0 Å². The van der Waals surface area contributed by atoms with Crippen LogP contribution in [0.25, 0.3) is 0 Å². The van der Waals surface area contributed by atoms with Crippen LogP contribution in [0.2, 0.25) is 0 Å². The zero-order valence-corrected chi connectivity index (χ0v) is 17.7. The number of aromatic nitrogens is 2. The molecule has 29 heavy (non-hydrogen) atoms. The number of nitrogens with one attached hydrogen (secondary N) is 2. The predicted octanol–water partition coefficient (Wildman–Crippen LogP) is 0.995. The summed E-state index contributed by atoms with van der Waals surface area (Å²) in [6.07, 6.45) is 3.42. The number of primary amides is 1. The number of hydrogen-bond donors (Lipinski definition) is 3. The summed E-state index contributed by atoms with van der Waals surface area (Å²) >= 11 is 0. The number of imidazole rings is 1. The van der Waals surface area contributed by atoms with Gasteiger partial charge in [-0.15, -0.1) is 0 Å². The molecule has 1 heterocycles. The first-order chi connectivity index (χ1) is 13.5. The molecule has 0 bridgehead atoms. The van der Waals surface area contributed by atoms with Gasteiger partial charge in [0.25, 0.3) is 0 Å². The van der Waals surface area contributed by atoms with Gasteiger partial charge in [-0.1, -0.05) is 30.3 Å². The van der Waals surface area contributed by atoms with Crippen LogP contribution in [0.3, 0.4) is 0 Å². The molecule has 2 rings (SSSR count). The van der Waals surface area contributed by atoms with Crippen molar-refractivity contribution < 1.29 is 18.0 Å². The lowest BCUT2D eigenvalue weighted by Gasteiger charge is -2.25. The van der Waals surface area contributed by atoms with Gasteiger partial charge in [-0.05, 0) is 32.8 Å². The van der Waals surface area contributed by atoms with E-state index in [2.05, 4.69) is 15.3 Å². The average Bonchev–Trinajstić information content (AvgIpc) is 3.13. The Labute approximate surface area is 171 Å². The van der Waals surface area contributed by atoms with Gasteiger partial charge in [0.15, 0.2) is 9.84 Å². The second kappa shape index (κ2) is 9.21. The van der Waals surface area contributed by atoms with Crippen LogP contribution in [-0.2, 0) is 32.3 Å². The minimum absolute atomic E-state index is 0.120. The molecule has 0 aliphatic rings. The predicted molar refractivity (Wildman–Crippen MR) is 111 cm³/mol. The maximum atomic E-state index is 13.0. The van der Waals surface area contributed by atoms with E-state index in [4.69, 9.17) is 5.73 Å². The van der Waals surface area contributed by atoms with Crippen LogP contribution < -0.4 is 11.1 Å². The monoisotopic (exact) mass is 420 g/mol. The molecule has 8 nitrogen and oxygen atoms in total. The number of nitrogens with two attached hydrogens (primary N) is 1. The minimum Gasteiger partial charge on any atom is -0.368 e. The van der Waals surface area contributed by atoms with Gasteiger partial charge in [0, 0.05) is 12.6 Å². The number of rotatable bonds is 9. The van der Waals surface area contributed by atoms with Gasteiger partial charge >= 0.3 is 0 Å². The standard InChI is InChI=1S/C20H28N4O4S/c1-20(2,3)29(27,28)12-15(9-14-7-5-4-6-8-14)19(26)24-17(18(21)25)10-16-11-22-13-23-16/h4-8,11,13,15,17H,9-10,12H2,1-3H3,(H2,21,25)(H,22,23)(H,24,26)/t15-,17?/m1/s1. The molecule has 0 spiro atoms. The van der Waals surface area contributed by atoms with Crippen LogP contribution in [0.5, 0.6) is 0 Å². The van der Waals surface area contributed by atoms with Crippen LogP contribution >= 0.6 is 0 Å². The van der Waals surface area contributed by atoms with Crippen LogP contribution in [0, 0.1) is 5.92 Å². The fraction of sp³-hybridized carbons (Fsp3) is 0.450. The highest BCUT2D eigenvalue weighted by Gasteiger charge is 2.35. The lowest BCUT2D eigenvalue weighted by molar-refractivity contribution is -0.129. The van der Waals surface area contributed by atoms with E-state index in [-0.39, 0.29) is 18.6 Å². The second-order valence-corrected chi connectivity index (χ2v) is 10.8. The summed E-state index contributed by atoms with van der Waals surface area (Å²) in [5.74, 6) is -2.42. The zero-order chi connectivity index (χ0) is 21.7. The van der Waals surface area contributed by atoms with Crippen molar-refractivity contribution in [2.75, 3.05) is 5.75 Å². The molecule has 0 aliphatic carbocycles. The number of benzene rings is 1. The number of carbonyl (C=O) groups excluding carboxylic acids is 2. The van der Waals surface area contributed by atoms with Gasteiger partial charge in [-0.2, -0.15) is 0 Å². The molecule has 0 radical (unpaired) electrons.